The van der Waals surface area contributed by atoms with Gasteiger partial charge in [0.25, 0.3) is 5.91 Å². The molecule has 0 spiro atoms. The van der Waals surface area contributed by atoms with Crippen LogP contribution in [0.1, 0.15) is 41.6 Å². The van der Waals surface area contributed by atoms with Gasteiger partial charge in [0, 0.05) is 17.4 Å². The lowest BCUT2D eigenvalue weighted by Gasteiger charge is -2.07. The highest BCUT2D eigenvalue weighted by molar-refractivity contribution is 9.09. The first-order valence-electron chi connectivity index (χ1n) is 6.25. The summed E-state index contributed by atoms with van der Waals surface area (Å²) in [4.78, 5) is 11.8. The van der Waals surface area contributed by atoms with Crippen LogP contribution in [0.15, 0.2) is 18.2 Å². The van der Waals surface area contributed by atoms with E-state index >= 15 is 0 Å². The van der Waals surface area contributed by atoms with E-state index in [2.05, 4.69) is 21.2 Å². The van der Waals surface area contributed by atoms with E-state index in [4.69, 9.17) is 0 Å². The monoisotopic (exact) mass is 315 g/mol. The molecule has 2 nitrogen and oxygen atoms in total. The van der Waals surface area contributed by atoms with Crippen LogP contribution in [0.5, 0.6) is 0 Å². The van der Waals surface area contributed by atoms with Crippen LogP contribution in [-0.2, 0) is 0 Å². The van der Waals surface area contributed by atoms with Gasteiger partial charge in [-0.2, -0.15) is 0 Å². The van der Waals surface area contributed by atoms with Crippen LogP contribution in [0.2, 0.25) is 0 Å². The van der Waals surface area contributed by atoms with Crippen molar-refractivity contribution in [1.29, 1.82) is 0 Å². The lowest BCUT2D eigenvalue weighted by molar-refractivity contribution is 0.0952. The van der Waals surface area contributed by atoms with Gasteiger partial charge in [-0.05, 0) is 43.5 Å². The number of benzene rings is 1. The molecule has 0 heterocycles. The van der Waals surface area contributed by atoms with Crippen LogP contribution in [0.4, 0.5) is 4.39 Å². The van der Waals surface area contributed by atoms with Crippen molar-refractivity contribution in [2.24, 2.45) is 0 Å². The Kier molecular flexibility index (Phi) is 6.94. The molecule has 0 radical (unpaired) electrons. The Morgan fingerprint density at radius 1 is 1.28 bits per heavy atom. The predicted molar refractivity (Wildman–Crippen MR) is 75.7 cm³/mol. The van der Waals surface area contributed by atoms with Crippen LogP contribution in [0.3, 0.4) is 0 Å². The van der Waals surface area contributed by atoms with Gasteiger partial charge in [0.2, 0.25) is 0 Å². The average Bonchev–Trinajstić information content (AvgIpc) is 2.33. The summed E-state index contributed by atoms with van der Waals surface area (Å²) in [6.45, 7) is 2.42. The van der Waals surface area contributed by atoms with Gasteiger partial charge in [0.15, 0.2) is 0 Å². The predicted octanol–water partition coefficient (Wildman–Crippen LogP) is 3.82. The summed E-state index contributed by atoms with van der Waals surface area (Å²) in [6.07, 6.45) is 4.45. The smallest absolute Gasteiger partial charge is 0.251 e. The Hall–Kier alpha value is -0.900. The number of nitrogens with one attached hydrogen (secondary N) is 1. The number of hydrogen-bond donors (Lipinski definition) is 1. The van der Waals surface area contributed by atoms with E-state index in [1.807, 2.05) is 0 Å². The highest BCUT2D eigenvalue weighted by Crippen LogP contribution is 2.10. The second kappa shape index (κ2) is 8.25. The summed E-state index contributed by atoms with van der Waals surface area (Å²) in [5.74, 6) is -0.424. The zero-order valence-electron chi connectivity index (χ0n) is 10.6. The maximum absolute atomic E-state index is 12.9. The van der Waals surface area contributed by atoms with Crippen molar-refractivity contribution in [3.63, 3.8) is 0 Å². The lowest BCUT2D eigenvalue weighted by Crippen LogP contribution is -2.25. The molecule has 1 N–H and O–H groups in total. The Bertz CT molecular complexity index is 395. The normalized spacial score (nSPS) is 10.4. The van der Waals surface area contributed by atoms with E-state index in [-0.39, 0.29) is 11.7 Å². The van der Waals surface area contributed by atoms with Crippen LogP contribution >= 0.6 is 15.9 Å². The summed E-state index contributed by atoms with van der Waals surface area (Å²) in [6, 6.07) is 4.23. The average molecular weight is 316 g/mol. The first-order valence-corrected chi connectivity index (χ1v) is 7.37. The van der Waals surface area contributed by atoms with Gasteiger partial charge in [-0.25, -0.2) is 4.39 Å². The Balaban J connectivity index is 2.32. The van der Waals surface area contributed by atoms with Crippen molar-refractivity contribution in [3.8, 4) is 0 Å². The number of hydrogen-bond acceptors (Lipinski definition) is 1. The molecule has 100 valence electrons. The highest BCUT2D eigenvalue weighted by atomic mass is 79.9. The molecule has 1 aromatic rings. The van der Waals surface area contributed by atoms with Crippen molar-refractivity contribution in [3.05, 3.63) is 35.1 Å². The fourth-order valence-corrected chi connectivity index (χ4v) is 2.15. The zero-order chi connectivity index (χ0) is 13.4. The van der Waals surface area contributed by atoms with Crippen LogP contribution < -0.4 is 5.32 Å². The first-order chi connectivity index (χ1) is 8.65. The number of halogens is 2. The van der Waals surface area contributed by atoms with Gasteiger partial charge >= 0.3 is 0 Å². The molecule has 0 unspecified atom stereocenters. The van der Waals surface area contributed by atoms with E-state index in [1.165, 1.54) is 31.0 Å². The molecule has 18 heavy (non-hydrogen) atoms. The van der Waals surface area contributed by atoms with E-state index in [0.29, 0.717) is 17.7 Å². The topological polar surface area (TPSA) is 29.1 Å². The molecule has 0 aromatic heterocycles. The molecule has 0 bridgehead atoms. The summed E-state index contributed by atoms with van der Waals surface area (Å²) < 4.78 is 12.9. The number of unbranched alkanes of at least 4 members (excludes halogenated alkanes) is 3. The van der Waals surface area contributed by atoms with Crippen molar-refractivity contribution in [1.82, 2.24) is 5.32 Å². The third-order valence-electron chi connectivity index (χ3n) is 2.78. The highest BCUT2D eigenvalue weighted by Gasteiger charge is 2.08. The lowest BCUT2D eigenvalue weighted by atomic mass is 10.1. The fraction of sp³-hybridized carbons (Fsp3) is 0.500. The minimum Gasteiger partial charge on any atom is -0.352 e. The molecule has 0 aliphatic carbocycles. The van der Waals surface area contributed by atoms with Gasteiger partial charge in [0.05, 0.1) is 0 Å². The SMILES string of the molecule is Cc1cc(F)ccc1C(=O)NCCCCCCBr. The van der Waals surface area contributed by atoms with Gasteiger partial charge < -0.3 is 5.32 Å². The molecule has 4 heteroatoms. The van der Waals surface area contributed by atoms with E-state index < -0.39 is 0 Å². The number of carbonyl (C=O) groups excluding carboxylic acids is 1. The standard InChI is InChI=1S/C14H19BrFNO/c1-11-10-12(16)6-7-13(11)14(18)17-9-5-3-2-4-8-15/h6-7,10H,2-5,8-9H2,1H3,(H,17,18). The first kappa shape index (κ1) is 15.2. The second-order valence-electron chi connectivity index (χ2n) is 4.32. The summed E-state index contributed by atoms with van der Waals surface area (Å²) in [5.41, 5.74) is 1.23. The minimum atomic E-state index is -0.307. The zero-order valence-corrected chi connectivity index (χ0v) is 12.2. The Labute approximate surface area is 116 Å². The second-order valence-corrected chi connectivity index (χ2v) is 5.11. The maximum atomic E-state index is 12.9. The largest absolute Gasteiger partial charge is 0.352 e. The molecular formula is C14H19BrFNO. The summed E-state index contributed by atoms with van der Waals surface area (Å²) in [5, 5.41) is 3.90. The third-order valence-corrected chi connectivity index (χ3v) is 3.34. The van der Waals surface area contributed by atoms with Crippen molar-refractivity contribution >= 4 is 21.8 Å². The van der Waals surface area contributed by atoms with E-state index in [9.17, 15) is 9.18 Å². The molecule has 0 saturated carbocycles. The number of amides is 1. The van der Waals surface area contributed by atoms with Gasteiger partial charge in [0.1, 0.15) is 5.82 Å². The number of alkyl halides is 1. The van der Waals surface area contributed by atoms with Crippen molar-refractivity contribution in [2.45, 2.75) is 32.6 Å². The molecule has 0 aliphatic heterocycles. The summed E-state index contributed by atoms with van der Waals surface area (Å²) >= 11 is 3.39. The molecular weight excluding hydrogens is 297 g/mol. The third kappa shape index (κ3) is 5.17. The van der Waals surface area contributed by atoms with Gasteiger partial charge in [-0.15, -0.1) is 0 Å². The van der Waals surface area contributed by atoms with Gasteiger partial charge in [-0.3, -0.25) is 4.79 Å². The maximum Gasteiger partial charge on any atom is 0.251 e. The Morgan fingerprint density at radius 3 is 2.67 bits per heavy atom. The molecule has 0 saturated heterocycles. The van der Waals surface area contributed by atoms with Crippen LogP contribution in [0, 0.1) is 12.7 Å². The number of carbonyl (C=O) groups is 1. The summed E-state index contributed by atoms with van der Waals surface area (Å²) in [7, 11) is 0. The molecule has 0 aliphatic rings. The number of rotatable bonds is 7. The quantitative estimate of drug-likeness (QED) is 0.601. The van der Waals surface area contributed by atoms with Gasteiger partial charge in [-0.1, -0.05) is 28.8 Å². The number of aryl methyl sites for hydroxylation is 1. The molecule has 1 rings (SSSR count). The van der Waals surface area contributed by atoms with Crippen molar-refractivity contribution in [2.75, 3.05) is 11.9 Å². The van der Waals surface area contributed by atoms with Crippen LogP contribution in [-0.4, -0.2) is 17.8 Å². The molecule has 0 fully saturated rings. The fourth-order valence-electron chi connectivity index (χ4n) is 1.75. The van der Waals surface area contributed by atoms with Crippen LogP contribution in [0.25, 0.3) is 0 Å². The molecule has 0 atom stereocenters. The molecule has 1 amide bonds. The van der Waals surface area contributed by atoms with E-state index in [0.717, 1.165) is 18.2 Å². The Morgan fingerprint density at radius 2 is 2.00 bits per heavy atom. The minimum absolute atomic E-state index is 0.118. The van der Waals surface area contributed by atoms with E-state index in [1.54, 1.807) is 6.92 Å². The molecule has 1 aromatic carbocycles. The van der Waals surface area contributed by atoms with Crippen molar-refractivity contribution < 1.29 is 9.18 Å².